The second kappa shape index (κ2) is 7.64. The smallest absolute Gasteiger partial charge is 0.241 e. The normalized spacial score (nSPS) is 15.9. The molecule has 0 fully saturated rings. The summed E-state index contributed by atoms with van der Waals surface area (Å²) in [6, 6.07) is 6.98. The Bertz CT molecular complexity index is 1050. The van der Waals surface area contributed by atoms with Gasteiger partial charge in [-0.15, -0.1) is 10.2 Å². The van der Waals surface area contributed by atoms with Gasteiger partial charge in [0.1, 0.15) is 23.2 Å². The van der Waals surface area contributed by atoms with Gasteiger partial charge in [0.15, 0.2) is 5.16 Å². The predicted octanol–water partition coefficient (Wildman–Crippen LogP) is 2.91. The standard InChI is InChI=1S/C19H20ClN7OS/c1-19(2,16-11(20)4-3-7-22-16)10-23-15-6-5-12(25-26-15)13-8-27-14(17(21)28)9-29-18(27)24-13/h3-8,14H,9-10H2,1-2H3,(H2,21,28)(H,23,26). The number of pyridine rings is 1. The Morgan fingerprint density at radius 1 is 1.34 bits per heavy atom. The maximum atomic E-state index is 11.5. The lowest BCUT2D eigenvalue weighted by atomic mass is 9.88. The van der Waals surface area contributed by atoms with Gasteiger partial charge in [-0.3, -0.25) is 9.78 Å². The Labute approximate surface area is 177 Å². The molecule has 3 N–H and O–H groups in total. The molecule has 0 bridgehead atoms. The second-order valence-corrected chi connectivity index (χ2v) is 8.81. The Morgan fingerprint density at radius 2 is 2.17 bits per heavy atom. The minimum absolute atomic E-state index is 0.287. The van der Waals surface area contributed by atoms with Crippen molar-refractivity contribution in [3.63, 3.8) is 0 Å². The minimum atomic E-state index is -0.370. The lowest BCUT2D eigenvalue weighted by Gasteiger charge is -2.25. The van der Waals surface area contributed by atoms with Crippen molar-refractivity contribution < 1.29 is 4.79 Å². The summed E-state index contributed by atoms with van der Waals surface area (Å²) in [5, 5.41) is 13.2. The van der Waals surface area contributed by atoms with E-state index < -0.39 is 0 Å². The molecule has 29 heavy (non-hydrogen) atoms. The molecule has 8 nitrogen and oxygen atoms in total. The van der Waals surface area contributed by atoms with Crippen LogP contribution in [0.4, 0.5) is 5.82 Å². The number of amides is 1. The van der Waals surface area contributed by atoms with Crippen LogP contribution in [-0.4, -0.2) is 42.9 Å². The summed E-state index contributed by atoms with van der Waals surface area (Å²) in [6.07, 6.45) is 3.54. The third kappa shape index (κ3) is 3.92. The number of imidazole rings is 1. The molecule has 0 saturated heterocycles. The Morgan fingerprint density at radius 3 is 2.86 bits per heavy atom. The van der Waals surface area contributed by atoms with Crippen molar-refractivity contribution in [1.29, 1.82) is 0 Å². The molecule has 1 amide bonds. The summed E-state index contributed by atoms with van der Waals surface area (Å²) in [7, 11) is 0. The highest BCUT2D eigenvalue weighted by molar-refractivity contribution is 7.99. The quantitative estimate of drug-likeness (QED) is 0.619. The number of halogens is 1. The maximum Gasteiger partial charge on any atom is 0.241 e. The third-order valence-corrected chi connectivity index (χ3v) is 6.12. The monoisotopic (exact) mass is 429 g/mol. The van der Waals surface area contributed by atoms with E-state index in [1.165, 1.54) is 11.8 Å². The van der Waals surface area contributed by atoms with E-state index in [9.17, 15) is 4.79 Å². The number of aromatic nitrogens is 5. The van der Waals surface area contributed by atoms with Gasteiger partial charge in [-0.05, 0) is 24.3 Å². The first kappa shape index (κ1) is 19.7. The third-order valence-electron chi connectivity index (χ3n) is 4.77. The molecule has 1 aliphatic rings. The van der Waals surface area contributed by atoms with Gasteiger partial charge in [0.05, 0.1) is 10.7 Å². The number of thioether (sulfide) groups is 1. The zero-order valence-corrected chi connectivity index (χ0v) is 17.5. The van der Waals surface area contributed by atoms with Crippen LogP contribution in [0.15, 0.2) is 41.8 Å². The lowest BCUT2D eigenvalue weighted by Crippen LogP contribution is -2.29. The second-order valence-electron chi connectivity index (χ2n) is 7.42. The number of rotatable bonds is 6. The number of anilines is 1. The zero-order valence-electron chi connectivity index (χ0n) is 16.0. The fourth-order valence-electron chi connectivity index (χ4n) is 3.13. The molecule has 10 heteroatoms. The fraction of sp³-hybridized carbons (Fsp3) is 0.316. The molecule has 0 spiro atoms. The zero-order chi connectivity index (χ0) is 20.6. The molecular weight excluding hydrogens is 410 g/mol. The van der Waals surface area contributed by atoms with E-state index in [2.05, 4.69) is 39.3 Å². The van der Waals surface area contributed by atoms with Crippen LogP contribution in [0.1, 0.15) is 25.6 Å². The lowest BCUT2D eigenvalue weighted by molar-refractivity contribution is -0.120. The number of carbonyl (C=O) groups is 1. The molecule has 0 saturated carbocycles. The van der Waals surface area contributed by atoms with Crippen LogP contribution in [0.2, 0.25) is 5.02 Å². The van der Waals surface area contributed by atoms with Crippen LogP contribution in [0.5, 0.6) is 0 Å². The first-order valence-electron chi connectivity index (χ1n) is 9.05. The van der Waals surface area contributed by atoms with Gasteiger partial charge in [0.2, 0.25) is 5.91 Å². The number of carbonyl (C=O) groups excluding carboxylic acids is 1. The molecule has 4 heterocycles. The fourth-order valence-corrected chi connectivity index (χ4v) is 4.63. The average molecular weight is 430 g/mol. The summed E-state index contributed by atoms with van der Waals surface area (Å²) >= 11 is 7.79. The van der Waals surface area contributed by atoms with Gasteiger partial charge in [-0.1, -0.05) is 37.2 Å². The summed E-state index contributed by atoms with van der Waals surface area (Å²) in [5.74, 6) is 0.897. The Balaban J connectivity index is 1.46. The molecule has 0 aromatic carbocycles. The van der Waals surface area contributed by atoms with Gasteiger partial charge in [0, 0.05) is 30.1 Å². The first-order chi connectivity index (χ1) is 13.8. The number of nitrogens with zero attached hydrogens (tertiary/aromatic N) is 5. The van der Waals surface area contributed by atoms with E-state index in [-0.39, 0.29) is 17.4 Å². The average Bonchev–Trinajstić information content (AvgIpc) is 3.27. The first-order valence-corrected chi connectivity index (χ1v) is 10.4. The van der Waals surface area contributed by atoms with Gasteiger partial charge in [0.25, 0.3) is 0 Å². The van der Waals surface area contributed by atoms with E-state index in [1.807, 2.05) is 24.3 Å². The van der Waals surface area contributed by atoms with Crippen molar-refractivity contribution in [2.45, 2.75) is 30.5 Å². The van der Waals surface area contributed by atoms with Crippen molar-refractivity contribution >= 4 is 35.1 Å². The van der Waals surface area contributed by atoms with Gasteiger partial charge >= 0.3 is 0 Å². The summed E-state index contributed by atoms with van der Waals surface area (Å²) in [6.45, 7) is 4.72. The molecule has 1 unspecified atom stereocenters. The van der Waals surface area contributed by atoms with E-state index in [1.54, 1.807) is 17.0 Å². The highest BCUT2D eigenvalue weighted by Gasteiger charge is 2.29. The molecule has 1 atom stereocenters. The van der Waals surface area contributed by atoms with Crippen LogP contribution in [0.25, 0.3) is 11.4 Å². The van der Waals surface area contributed by atoms with Gasteiger partial charge in [-0.2, -0.15) is 0 Å². The van der Waals surface area contributed by atoms with Crippen LogP contribution >= 0.6 is 23.4 Å². The maximum absolute atomic E-state index is 11.5. The summed E-state index contributed by atoms with van der Waals surface area (Å²) < 4.78 is 1.80. The Kier molecular flexibility index (Phi) is 5.18. The number of fused-ring (bicyclic) bond motifs is 1. The van der Waals surface area contributed by atoms with E-state index in [4.69, 9.17) is 17.3 Å². The molecule has 0 radical (unpaired) electrons. The molecule has 1 aliphatic heterocycles. The molecule has 3 aromatic rings. The van der Waals surface area contributed by atoms with Crippen LogP contribution in [0, 0.1) is 0 Å². The van der Waals surface area contributed by atoms with Gasteiger partial charge < -0.3 is 15.6 Å². The molecule has 3 aromatic heterocycles. The molecule has 0 aliphatic carbocycles. The highest BCUT2D eigenvalue weighted by Crippen LogP contribution is 2.34. The molecule has 4 rings (SSSR count). The highest BCUT2D eigenvalue weighted by atomic mass is 35.5. The largest absolute Gasteiger partial charge is 0.368 e. The Hall–Kier alpha value is -2.65. The van der Waals surface area contributed by atoms with Crippen molar-refractivity contribution in [2.24, 2.45) is 5.73 Å². The number of hydrogen-bond acceptors (Lipinski definition) is 7. The number of primary amides is 1. The van der Waals surface area contributed by atoms with E-state index in [0.717, 1.165) is 10.9 Å². The molecule has 150 valence electrons. The SMILES string of the molecule is CC(C)(CNc1ccc(-c2cn3c(n2)SCC3C(N)=O)nn1)c1ncccc1Cl. The van der Waals surface area contributed by atoms with E-state index >= 15 is 0 Å². The summed E-state index contributed by atoms with van der Waals surface area (Å²) in [5.41, 5.74) is 7.29. The van der Waals surface area contributed by atoms with Crippen molar-refractivity contribution in [3.8, 4) is 11.4 Å². The van der Waals surface area contributed by atoms with E-state index in [0.29, 0.717) is 34.5 Å². The van der Waals surface area contributed by atoms with Gasteiger partial charge in [-0.25, -0.2) is 4.98 Å². The predicted molar refractivity (Wildman–Crippen MR) is 113 cm³/mol. The number of nitrogens with one attached hydrogen (secondary N) is 1. The van der Waals surface area contributed by atoms with Crippen molar-refractivity contribution in [2.75, 3.05) is 17.6 Å². The summed E-state index contributed by atoms with van der Waals surface area (Å²) in [4.78, 5) is 20.5. The van der Waals surface area contributed by atoms with Crippen LogP contribution in [-0.2, 0) is 10.2 Å². The van der Waals surface area contributed by atoms with Crippen molar-refractivity contribution in [3.05, 3.63) is 47.4 Å². The van der Waals surface area contributed by atoms with Crippen LogP contribution in [0.3, 0.4) is 0 Å². The number of hydrogen-bond donors (Lipinski definition) is 2. The number of nitrogens with two attached hydrogens (primary N) is 1. The van der Waals surface area contributed by atoms with Crippen molar-refractivity contribution in [1.82, 2.24) is 24.7 Å². The van der Waals surface area contributed by atoms with Crippen LogP contribution < -0.4 is 11.1 Å². The topological polar surface area (TPSA) is 112 Å². The molecular formula is C19H20ClN7OS. The minimum Gasteiger partial charge on any atom is -0.368 e.